The predicted octanol–water partition coefficient (Wildman–Crippen LogP) is 1.60. The Morgan fingerprint density at radius 2 is 1.83 bits per heavy atom. The number of benzene rings is 2. The van der Waals surface area contributed by atoms with E-state index in [9.17, 15) is 23.2 Å². The SMILES string of the molecule is COc1ccccc1-n1ccn(CC(=O)NCc2ccc(F)cc2F)c(=O)c1=O. The van der Waals surface area contributed by atoms with Gasteiger partial charge in [-0.05, 0) is 18.2 Å². The van der Waals surface area contributed by atoms with Crippen LogP contribution in [0.3, 0.4) is 0 Å². The number of para-hydroxylation sites is 2. The summed E-state index contributed by atoms with van der Waals surface area (Å²) in [6.07, 6.45) is 2.66. The Balaban J connectivity index is 1.76. The third kappa shape index (κ3) is 4.40. The molecule has 1 amide bonds. The molecule has 2 aromatic carbocycles. The molecule has 29 heavy (non-hydrogen) atoms. The topological polar surface area (TPSA) is 82.3 Å². The zero-order chi connectivity index (χ0) is 21.0. The molecular weight excluding hydrogens is 384 g/mol. The highest BCUT2D eigenvalue weighted by Crippen LogP contribution is 2.19. The first kappa shape index (κ1) is 20.0. The van der Waals surface area contributed by atoms with Crippen LogP contribution in [0.2, 0.25) is 0 Å². The number of aromatic nitrogens is 2. The average molecular weight is 401 g/mol. The van der Waals surface area contributed by atoms with E-state index in [1.54, 1.807) is 24.3 Å². The van der Waals surface area contributed by atoms with Gasteiger partial charge in [0.25, 0.3) is 0 Å². The van der Waals surface area contributed by atoms with Gasteiger partial charge in [0.15, 0.2) is 0 Å². The molecule has 0 unspecified atom stereocenters. The quantitative estimate of drug-likeness (QED) is 0.636. The highest BCUT2D eigenvalue weighted by atomic mass is 19.1. The summed E-state index contributed by atoms with van der Waals surface area (Å²) in [5, 5.41) is 2.43. The maximum atomic E-state index is 13.6. The standard InChI is InChI=1S/C20H17F2N3O4/c1-29-17-5-3-2-4-16(17)25-9-8-24(19(27)20(25)28)12-18(26)23-11-13-6-7-14(21)10-15(13)22/h2-10H,11-12H2,1H3,(H,23,26). The Labute approximate surface area is 163 Å². The van der Waals surface area contributed by atoms with Crippen molar-refractivity contribution in [3.63, 3.8) is 0 Å². The van der Waals surface area contributed by atoms with Gasteiger partial charge in [0.2, 0.25) is 5.91 Å². The van der Waals surface area contributed by atoms with Gasteiger partial charge in [-0.15, -0.1) is 0 Å². The predicted molar refractivity (Wildman–Crippen MR) is 101 cm³/mol. The molecule has 0 aliphatic rings. The van der Waals surface area contributed by atoms with Crippen molar-refractivity contribution in [1.29, 1.82) is 0 Å². The summed E-state index contributed by atoms with van der Waals surface area (Å²) < 4.78 is 33.8. The van der Waals surface area contributed by atoms with E-state index in [0.717, 1.165) is 15.2 Å². The number of nitrogens with one attached hydrogen (secondary N) is 1. The molecule has 3 rings (SSSR count). The van der Waals surface area contributed by atoms with Gasteiger partial charge < -0.3 is 10.1 Å². The Morgan fingerprint density at radius 3 is 2.55 bits per heavy atom. The Morgan fingerprint density at radius 1 is 1.07 bits per heavy atom. The van der Waals surface area contributed by atoms with Crippen molar-refractivity contribution in [2.45, 2.75) is 13.1 Å². The Bertz CT molecular complexity index is 1170. The number of carbonyl (C=O) groups is 1. The molecule has 1 N–H and O–H groups in total. The molecule has 0 aliphatic carbocycles. The van der Waals surface area contributed by atoms with E-state index in [2.05, 4.69) is 5.32 Å². The van der Waals surface area contributed by atoms with Crippen molar-refractivity contribution in [2.75, 3.05) is 7.11 Å². The molecule has 0 saturated heterocycles. The van der Waals surface area contributed by atoms with Crippen LogP contribution in [0.15, 0.2) is 64.4 Å². The van der Waals surface area contributed by atoms with E-state index in [1.165, 1.54) is 25.6 Å². The Hall–Kier alpha value is -3.75. The molecule has 0 atom stereocenters. The molecule has 0 radical (unpaired) electrons. The van der Waals surface area contributed by atoms with Gasteiger partial charge in [0.1, 0.15) is 23.9 Å². The highest BCUT2D eigenvalue weighted by Gasteiger charge is 2.13. The lowest BCUT2D eigenvalue weighted by atomic mass is 10.2. The van der Waals surface area contributed by atoms with Crippen LogP contribution in [0.4, 0.5) is 8.78 Å². The van der Waals surface area contributed by atoms with Gasteiger partial charge in [-0.25, -0.2) is 8.78 Å². The van der Waals surface area contributed by atoms with E-state index >= 15 is 0 Å². The summed E-state index contributed by atoms with van der Waals surface area (Å²) in [6.45, 7) is -0.609. The molecule has 1 heterocycles. The zero-order valence-corrected chi connectivity index (χ0v) is 15.4. The van der Waals surface area contributed by atoms with Gasteiger partial charge in [-0.1, -0.05) is 18.2 Å². The second kappa shape index (κ2) is 8.51. The first-order chi connectivity index (χ1) is 13.9. The number of rotatable bonds is 6. The van der Waals surface area contributed by atoms with Crippen LogP contribution in [0.1, 0.15) is 5.56 Å². The third-order valence-electron chi connectivity index (χ3n) is 4.21. The lowest BCUT2D eigenvalue weighted by molar-refractivity contribution is -0.121. The number of carbonyl (C=O) groups excluding carboxylic acids is 1. The first-order valence-electron chi connectivity index (χ1n) is 8.57. The number of amides is 1. The summed E-state index contributed by atoms with van der Waals surface area (Å²) >= 11 is 0. The summed E-state index contributed by atoms with van der Waals surface area (Å²) in [6, 6.07) is 9.69. The van der Waals surface area contributed by atoms with E-state index in [1.807, 2.05) is 0 Å². The van der Waals surface area contributed by atoms with Crippen LogP contribution in [0.5, 0.6) is 5.75 Å². The molecular formula is C20H17F2N3O4. The number of nitrogens with zero attached hydrogens (tertiary/aromatic N) is 2. The number of hydrogen-bond donors (Lipinski definition) is 1. The summed E-state index contributed by atoms with van der Waals surface area (Å²) in [5.74, 6) is -1.71. The van der Waals surface area contributed by atoms with Gasteiger partial charge in [0, 0.05) is 30.6 Å². The monoisotopic (exact) mass is 401 g/mol. The highest BCUT2D eigenvalue weighted by molar-refractivity contribution is 5.75. The first-order valence-corrected chi connectivity index (χ1v) is 8.57. The van der Waals surface area contributed by atoms with Gasteiger partial charge in [-0.2, -0.15) is 0 Å². The minimum atomic E-state index is -0.901. The fourth-order valence-corrected chi connectivity index (χ4v) is 2.72. The maximum Gasteiger partial charge on any atom is 0.321 e. The second-order valence-corrected chi connectivity index (χ2v) is 6.09. The van der Waals surface area contributed by atoms with Crippen molar-refractivity contribution in [1.82, 2.24) is 14.5 Å². The van der Waals surface area contributed by atoms with Gasteiger partial charge in [-0.3, -0.25) is 23.5 Å². The largest absolute Gasteiger partial charge is 0.495 e. The van der Waals surface area contributed by atoms with Crippen LogP contribution in [0, 0.1) is 11.6 Å². The van der Waals surface area contributed by atoms with Crippen molar-refractivity contribution in [3.05, 3.63) is 92.8 Å². The molecule has 3 aromatic rings. The Kier molecular flexibility index (Phi) is 5.87. The van der Waals surface area contributed by atoms with E-state index in [0.29, 0.717) is 17.5 Å². The van der Waals surface area contributed by atoms with E-state index in [4.69, 9.17) is 4.74 Å². The second-order valence-electron chi connectivity index (χ2n) is 6.09. The molecule has 0 fully saturated rings. The fourth-order valence-electron chi connectivity index (χ4n) is 2.72. The van der Waals surface area contributed by atoms with Crippen LogP contribution in [-0.4, -0.2) is 22.2 Å². The van der Waals surface area contributed by atoms with Crippen LogP contribution in [-0.2, 0) is 17.9 Å². The number of halogens is 2. The maximum absolute atomic E-state index is 13.6. The molecule has 150 valence electrons. The lowest BCUT2D eigenvalue weighted by Gasteiger charge is -2.12. The van der Waals surface area contributed by atoms with Gasteiger partial charge >= 0.3 is 11.1 Å². The average Bonchev–Trinajstić information content (AvgIpc) is 2.71. The van der Waals surface area contributed by atoms with Crippen molar-refractivity contribution >= 4 is 5.91 Å². The third-order valence-corrected chi connectivity index (χ3v) is 4.21. The number of methoxy groups -OCH3 is 1. The summed E-state index contributed by atoms with van der Waals surface area (Å²) in [4.78, 5) is 36.9. The molecule has 7 nitrogen and oxygen atoms in total. The van der Waals surface area contributed by atoms with Crippen molar-refractivity contribution in [3.8, 4) is 11.4 Å². The summed E-state index contributed by atoms with van der Waals surface area (Å²) in [7, 11) is 1.44. The molecule has 1 aromatic heterocycles. The van der Waals surface area contributed by atoms with Crippen LogP contribution < -0.4 is 21.2 Å². The molecule has 0 spiro atoms. The lowest BCUT2D eigenvalue weighted by Crippen LogP contribution is -2.42. The van der Waals surface area contributed by atoms with E-state index in [-0.39, 0.29) is 12.1 Å². The normalized spacial score (nSPS) is 10.6. The minimum absolute atomic E-state index is 0.0960. The summed E-state index contributed by atoms with van der Waals surface area (Å²) in [5.41, 5.74) is -1.27. The zero-order valence-electron chi connectivity index (χ0n) is 15.4. The number of ether oxygens (including phenoxy) is 1. The minimum Gasteiger partial charge on any atom is -0.495 e. The molecule has 9 heteroatoms. The van der Waals surface area contributed by atoms with Crippen molar-refractivity contribution in [2.24, 2.45) is 0 Å². The van der Waals surface area contributed by atoms with Crippen LogP contribution in [0.25, 0.3) is 5.69 Å². The smallest absolute Gasteiger partial charge is 0.321 e. The van der Waals surface area contributed by atoms with Crippen molar-refractivity contribution < 1.29 is 18.3 Å². The number of hydrogen-bond acceptors (Lipinski definition) is 4. The van der Waals surface area contributed by atoms with Crippen LogP contribution >= 0.6 is 0 Å². The molecule has 0 aliphatic heterocycles. The fraction of sp³-hybridized carbons (Fsp3) is 0.150. The molecule has 0 saturated carbocycles. The van der Waals surface area contributed by atoms with Gasteiger partial charge in [0.05, 0.1) is 12.8 Å². The molecule has 0 bridgehead atoms. The van der Waals surface area contributed by atoms with E-state index < -0.39 is 35.2 Å².